The second kappa shape index (κ2) is 4.87. The molecule has 2 aromatic rings. The van der Waals surface area contributed by atoms with Crippen LogP contribution in [-0.4, -0.2) is 19.3 Å². The van der Waals surface area contributed by atoms with E-state index in [1.165, 1.54) is 11.8 Å². The molecule has 2 aromatic carbocycles. The number of carbonyl (C=O) groups excluding carboxylic acids is 1. The van der Waals surface area contributed by atoms with Crippen LogP contribution in [0.1, 0.15) is 11.1 Å². The number of hydrogen-bond donors (Lipinski definition) is 0. The molecule has 0 saturated heterocycles. The maximum absolute atomic E-state index is 12.5. The average Bonchev–Trinajstić information content (AvgIpc) is 2.79. The van der Waals surface area contributed by atoms with E-state index in [-0.39, 0.29) is 5.97 Å². The molecule has 0 saturated carbocycles. The molecule has 0 N–H and O–H groups in total. The third-order valence-corrected chi connectivity index (χ3v) is 4.78. The molecule has 1 heterocycles. The smallest absolute Gasteiger partial charge is 0.336 e. The number of ether oxygens (including phenoxy) is 2. The first-order chi connectivity index (χ1) is 9.72. The van der Waals surface area contributed by atoms with Crippen LogP contribution in [-0.2, 0) is 9.54 Å². The maximum atomic E-state index is 12.5. The van der Waals surface area contributed by atoms with E-state index in [9.17, 15) is 4.79 Å². The molecule has 102 valence electrons. The van der Waals surface area contributed by atoms with Crippen molar-refractivity contribution in [3.8, 4) is 11.5 Å². The molecule has 4 heteroatoms. The van der Waals surface area contributed by atoms with Crippen LogP contribution in [0.25, 0.3) is 0 Å². The molecule has 0 spiro atoms. The molecular formula is C16H14O3S. The van der Waals surface area contributed by atoms with Crippen molar-refractivity contribution in [3.05, 3.63) is 59.7 Å². The van der Waals surface area contributed by atoms with Gasteiger partial charge in [-0.15, -0.1) is 11.8 Å². The van der Waals surface area contributed by atoms with Gasteiger partial charge in [0.1, 0.15) is 11.5 Å². The summed E-state index contributed by atoms with van der Waals surface area (Å²) in [6.45, 7) is 0. The number of esters is 1. The van der Waals surface area contributed by atoms with Crippen molar-refractivity contribution in [2.75, 3.05) is 13.4 Å². The summed E-state index contributed by atoms with van der Waals surface area (Å²) < 4.78 is 9.91. The van der Waals surface area contributed by atoms with E-state index in [4.69, 9.17) is 9.47 Å². The summed E-state index contributed by atoms with van der Waals surface area (Å²) in [5.41, 5.74) is 1.77. The number of benzene rings is 2. The first-order valence-electron chi connectivity index (χ1n) is 6.24. The fourth-order valence-electron chi connectivity index (χ4n) is 2.54. The van der Waals surface area contributed by atoms with Crippen LogP contribution in [0.3, 0.4) is 0 Å². The quantitative estimate of drug-likeness (QED) is 0.641. The van der Waals surface area contributed by atoms with Crippen molar-refractivity contribution in [1.82, 2.24) is 0 Å². The van der Waals surface area contributed by atoms with Gasteiger partial charge in [0.25, 0.3) is 0 Å². The minimum atomic E-state index is -0.814. The van der Waals surface area contributed by atoms with Gasteiger partial charge in [-0.25, -0.2) is 4.79 Å². The highest BCUT2D eigenvalue weighted by Gasteiger charge is 2.50. The van der Waals surface area contributed by atoms with Crippen LogP contribution in [0.2, 0.25) is 0 Å². The van der Waals surface area contributed by atoms with E-state index < -0.39 is 4.75 Å². The van der Waals surface area contributed by atoms with E-state index >= 15 is 0 Å². The lowest BCUT2D eigenvalue weighted by Gasteiger charge is -2.24. The topological polar surface area (TPSA) is 35.5 Å². The van der Waals surface area contributed by atoms with E-state index in [0.29, 0.717) is 5.75 Å². The predicted octanol–water partition coefficient (Wildman–Crippen LogP) is 3.22. The Morgan fingerprint density at radius 2 is 1.90 bits per heavy atom. The SMILES string of the molecule is COc1ccc2c(c1)C(SC)(c1ccccc1)C(=O)O2. The highest BCUT2D eigenvalue weighted by molar-refractivity contribution is 8.00. The highest BCUT2D eigenvalue weighted by Crippen LogP contribution is 2.51. The Labute approximate surface area is 121 Å². The molecule has 1 aliphatic rings. The number of fused-ring (bicyclic) bond motifs is 1. The standard InChI is InChI=1S/C16H14O3S/c1-18-12-8-9-14-13(10-12)16(20-2,15(17)19-14)11-6-4-3-5-7-11/h3-10H,1-2H3. The molecule has 0 radical (unpaired) electrons. The fraction of sp³-hybridized carbons (Fsp3) is 0.188. The van der Waals surface area contributed by atoms with Crippen molar-refractivity contribution in [3.63, 3.8) is 0 Å². The summed E-state index contributed by atoms with van der Waals surface area (Å²) in [4.78, 5) is 12.5. The van der Waals surface area contributed by atoms with Gasteiger partial charge in [0.05, 0.1) is 7.11 Å². The van der Waals surface area contributed by atoms with Gasteiger partial charge in [-0.2, -0.15) is 0 Å². The Balaban J connectivity index is 2.25. The summed E-state index contributed by atoms with van der Waals surface area (Å²) >= 11 is 1.47. The van der Waals surface area contributed by atoms with E-state index in [1.807, 2.05) is 42.7 Å². The first-order valence-corrected chi connectivity index (χ1v) is 7.46. The van der Waals surface area contributed by atoms with Crippen LogP contribution in [0.4, 0.5) is 0 Å². The van der Waals surface area contributed by atoms with Crippen LogP contribution >= 0.6 is 11.8 Å². The van der Waals surface area contributed by atoms with Crippen molar-refractivity contribution in [2.45, 2.75) is 4.75 Å². The van der Waals surface area contributed by atoms with Crippen LogP contribution in [0, 0.1) is 0 Å². The maximum Gasteiger partial charge on any atom is 0.336 e. The number of carbonyl (C=O) groups is 1. The molecule has 0 fully saturated rings. The summed E-state index contributed by atoms with van der Waals surface area (Å²) in [7, 11) is 1.61. The van der Waals surface area contributed by atoms with Gasteiger partial charge in [0.15, 0.2) is 4.75 Å². The summed E-state index contributed by atoms with van der Waals surface area (Å²) in [6.07, 6.45) is 1.92. The van der Waals surface area contributed by atoms with Gasteiger partial charge in [0.2, 0.25) is 0 Å². The molecule has 1 atom stereocenters. The largest absolute Gasteiger partial charge is 0.497 e. The Kier molecular flexibility index (Phi) is 3.18. The van der Waals surface area contributed by atoms with Crippen LogP contribution < -0.4 is 9.47 Å². The third-order valence-electron chi connectivity index (χ3n) is 3.54. The Bertz CT molecular complexity index is 654. The Morgan fingerprint density at radius 1 is 1.15 bits per heavy atom. The minimum Gasteiger partial charge on any atom is -0.497 e. The predicted molar refractivity (Wildman–Crippen MR) is 79.4 cm³/mol. The fourth-order valence-corrected chi connectivity index (χ4v) is 3.50. The zero-order valence-electron chi connectivity index (χ0n) is 11.3. The molecule has 1 unspecified atom stereocenters. The van der Waals surface area contributed by atoms with Crippen molar-refractivity contribution >= 4 is 17.7 Å². The molecule has 1 aliphatic heterocycles. The van der Waals surface area contributed by atoms with Crippen molar-refractivity contribution < 1.29 is 14.3 Å². The third kappa shape index (κ3) is 1.72. The van der Waals surface area contributed by atoms with E-state index in [0.717, 1.165) is 16.9 Å². The number of rotatable bonds is 3. The second-order valence-corrected chi connectivity index (χ2v) is 5.52. The van der Waals surface area contributed by atoms with Gasteiger partial charge in [-0.1, -0.05) is 30.3 Å². The molecule has 3 nitrogen and oxygen atoms in total. The summed E-state index contributed by atoms with van der Waals surface area (Å²) in [5.74, 6) is 1.07. The molecule has 0 aliphatic carbocycles. The zero-order chi connectivity index (χ0) is 14.2. The first kappa shape index (κ1) is 13.1. The second-order valence-electron chi connectivity index (χ2n) is 4.50. The molecular weight excluding hydrogens is 272 g/mol. The van der Waals surface area contributed by atoms with Gasteiger partial charge in [-0.3, -0.25) is 0 Å². The van der Waals surface area contributed by atoms with E-state index in [1.54, 1.807) is 19.2 Å². The molecule has 3 rings (SSSR count). The van der Waals surface area contributed by atoms with Crippen LogP contribution in [0.15, 0.2) is 48.5 Å². The monoisotopic (exact) mass is 286 g/mol. The number of thioether (sulfide) groups is 1. The Morgan fingerprint density at radius 3 is 2.55 bits per heavy atom. The summed E-state index contributed by atoms with van der Waals surface area (Å²) in [6, 6.07) is 15.2. The van der Waals surface area contributed by atoms with Crippen LogP contribution in [0.5, 0.6) is 11.5 Å². The average molecular weight is 286 g/mol. The lowest BCUT2D eigenvalue weighted by atomic mass is 9.91. The minimum absolute atomic E-state index is 0.251. The van der Waals surface area contributed by atoms with Gasteiger partial charge >= 0.3 is 5.97 Å². The number of hydrogen-bond acceptors (Lipinski definition) is 4. The van der Waals surface area contributed by atoms with Gasteiger partial charge in [-0.05, 0) is 30.0 Å². The van der Waals surface area contributed by atoms with Gasteiger partial charge < -0.3 is 9.47 Å². The Hall–Kier alpha value is -1.94. The van der Waals surface area contributed by atoms with Crippen molar-refractivity contribution in [1.29, 1.82) is 0 Å². The molecule has 0 bridgehead atoms. The van der Waals surface area contributed by atoms with Gasteiger partial charge in [0, 0.05) is 5.56 Å². The summed E-state index contributed by atoms with van der Waals surface area (Å²) in [5, 5.41) is 0. The van der Waals surface area contributed by atoms with E-state index in [2.05, 4.69) is 0 Å². The lowest BCUT2D eigenvalue weighted by molar-refractivity contribution is -0.134. The molecule has 0 amide bonds. The normalized spacial score (nSPS) is 20.4. The molecule has 20 heavy (non-hydrogen) atoms. The lowest BCUT2D eigenvalue weighted by Crippen LogP contribution is -2.31. The number of methoxy groups -OCH3 is 1. The highest BCUT2D eigenvalue weighted by atomic mass is 32.2. The molecule has 0 aromatic heterocycles. The zero-order valence-corrected chi connectivity index (χ0v) is 12.1. The van der Waals surface area contributed by atoms with Crippen molar-refractivity contribution in [2.24, 2.45) is 0 Å².